The van der Waals surface area contributed by atoms with Crippen molar-refractivity contribution in [2.24, 2.45) is 4.99 Å². The number of ether oxygens (including phenoxy) is 1. The topological polar surface area (TPSA) is 63.6 Å². The number of thiazole rings is 1. The van der Waals surface area contributed by atoms with Gasteiger partial charge < -0.3 is 10.1 Å². The summed E-state index contributed by atoms with van der Waals surface area (Å²) in [7, 11) is 0. The van der Waals surface area contributed by atoms with Crippen LogP contribution in [0, 0.1) is 11.6 Å². The Labute approximate surface area is 171 Å². The number of hydrogen-bond donors (Lipinski definition) is 1. The summed E-state index contributed by atoms with van der Waals surface area (Å²) in [6.07, 6.45) is 2.10. The molecule has 1 aliphatic heterocycles. The summed E-state index contributed by atoms with van der Waals surface area (Å²) in [4.78, 5) is 20.4. The maximum Gasteiger partial charge on any atom is 0.307 e. The number of halogens is 4. The van der Waals surface area contributed by atoms with Gasteiger partial charge in [-0.05, 0) is 6.07 Å². The van der Waals surface area contributed by atoms with Gasteiger partial charge in [0.05, 0.1) is 10.7 Å². The molecule has 1 atom stereocenters. The van der Waals surface area contributed by atoms with E-state index in [1.807, 2.05) is 0 Å². The second-order valence-corrected chi connectivity index (χ2v) is 7.55. The van der Waals surface area contributed by atoms with Crippen LogP contribution in [0.5, 0.6) is 0 Å². The highest BCUT2D eigenvalue weighted by atomic mass is 79.9. The number of aromatic nitrogens is 1. The van der Waals surface area contributed by atoms with Crippen LogP contribution < -0.4 is 5.32 Å². The highest BCUT2D eigenvalue weighted by Crippen LogP contribution is 2.38. The number of allylic oxidation sites excluding steroid dienone is 1. The number of aliphatic imine (C=N–C) groups is 1. The number of benzene rings is 1. The zero-order valence-electron chi connectivity index (χ0n) is 13.9. The van der Waals surface area contributed by atoms with E-state index in [1.54, 1.807) is 11.6 Å². The first-order chi connectivity index (χ1) is 12.9. The molecule has 1 N–H and O–H groups in total. The van der Waals surface area contributed by atoms with E-state index in [9.17, 15) is 13.6 Å². The van der Waals surface area contributed by atoms with E-state index in [0.29, 0.717) is 28.3 Å². The molecule has 5 nitrogen and oxygen atoms in total. The monoisotopic (exact) mass is 475 g/mol. The van der Waals surface area contributed by atoms with E-state index in [-0.39, 0.29) is 11.3 Å². The molecule has 1 aliphatic rings. The molecule has 0 bridgehead atoms. The third kappa shape index (κ3) is 4.20. The predicted octanol–water partition coefficient (Wildman–Crippen LogP) is 4.73. The molecule has 1 aromatic carbocycles. The number of nitrogens with zero attached hydrogens (tertiary/aromatic N) is 2. The quantitative estimate of drug-likeness (QED) is 0.385. The Bertz CT molecular complexity index is 935. The number of rotatable bonds is 5. The summed E-state index contributed by atoms with van der Waals surface area (Å²) in [5.41, 5.74) is 0.766. The molecule has 0 amide bonds. The first-order valence-electron chi connectivity index (χ1n) is 7.77. The van der Waals surface area contributed by atoms with Gasteiger partial charge >= 0.3 is 5.97 Å². The van der Waals surface area contributed by atoms with E-state index in [4.69, 9.17) is 16.3 Å². The molecule has 0 unspecified atom stereocenters. The van der Waals surface area contributed by atoms with Crippen molar-refractivity contribution in [1.29, 1.82) is 0 Å². The Morgan fingerprint density at radius 2 is 2.22 bits per heavy atom. The summed E-state index contributed by atoms with van der Waals surface area (Å²) in [6.45, 7) is 1.25. The molecule has 0 saturated carbocycles. The van der Waals surface area contributed by atoms with Crippen LogP contribution in [0.25, 0.3) is 0 Å². The molecule has 2 heterocycles. The lowest BCUT2D eigenvalue weighted by atomic mass is 10.0. The lowest BCUT2D eigenvalue weighted by Crippen LogP contribution is -2.32. The van der Waals surface area contributed by atoms with Crippen LogP contribution >= 0.6 is 38.9 Å². The highest BCUT2D eigenvalue weighted by molar-refractivity contribution is 9.09. The Balaban J connectivity index is 2.17. The summed E-state index contributed by atoms with van der Waals surface area (Å²) in [6, 6.07) is 1.37. The van der Waals surface area contributed by atoms with Crippen LogP contribution in [-0.2, 0) is 9.53 Å². The lowest BCUT2D eigenvalue weighted by molar-refractivity contribution is -0.137. The number of hydrogen-bond acceptors (Lipinski definition) is 6. The van der Waals surface area contributed by atoms with Crippen molar-refractivity contribution in [3.05, 3.63) is 62.4 Å². The number of carbonyl (C=O) groups is 1. The van der Waals surface area contributed by atoms with Gasteiger partial charge in [0.2, 0.25) is 0 Å². The van der Waals surface area contributed by atoms with Gasteiger partial charge in [0.25, 0.3) is 0 Å². The van der Waals surface area contributed by atoms with Crippen LogP contribution in [0.3, 0.4) is 0 Å². The third-order valence-electron chi connectivity index (χ3n) is 3.67. The Kier molecular flexibility index (Phi) is 6.23. The minimum atomic E-state index is -1.18. The van der Waals surface area contributed by atoms with Gasteiger partial charge in [0.15, 0.2) is 28.2 Å². The Morgan fingerprint density at radius 3 is 2.85 bits per heavy atom. The standard InChI is InChI=1S/C17H13BrClF2N3O2S/c1-8(25)26-15-11(4-5-18)23-16(17-22-6-7-27-17)24-14(15)9-2-3-10(20)13(21)12(9)19/h2-3,6-7,14H,4-5H2,1H3,(H,23,24)/t14-/m1/s1. The van der Waals surface area contributed by atoms with E-state index in [0.717, 1.165) is 6.07 Å². The second kappa shape index (κ2) is 8.45. The highest BCUT2D eigenvalue weighted by Gasteiger charge is 2.32. The average Bonchev–Trinajstić information content (AvgIpc) is 3.16. The Morgan fingerprint density at radius 1 is 1.44 bits per heavy atom. The molecule has 1 aromatic heterocycles. The zero-order chi connectivity index (χ0) is 19.6. The second-order valence-electron chi connectivity index (χ2n) is 5.48. The number of carbonyl (C=O) groups excluding carboxylic acids is 1. The molecule has 0 radical (unpaired) electrons. The van der Waals surface area contributed by atoms with Crippen LogP contribution in [-0.4, -0.2) is 22.1 Å². The van der Waals surface area contributed by atoms with Crippen molar-refractivity contribution < 1.29 is 18.3 Å². The third-order valence-corrected chi connectivity index (χ3v) is 5.23. The smallest absolute Gasteiger partial charge is 0.307 e. The molecular weight excluding hydrogens is 464 g/mol. The molecule has 0 fully saturated rings. The van der Waals surface area contributed by atoms with Crippen molar-refractivity contribution in [2.75, 3.05) is 5.33 Å². The first-order valence-corrected chi connectivity index (χ1v) is 10.2. The van der Waals surface area contributed by atoms with Crippen molar-refractivity contribution >= 4 is 50.7 Å². The molecule has 0 spiro atoms. The Hall–Kier alpha value is -1.84. The molecule has 2 aromatic rings. The van der Waals surface area contributed by atoms with Gasteiger partial charge in [-0.25, -0.2) is 18.8 Å². The van der Waals surface area contributed by atoms with Crippen molar-refractivity contribution in [2.45, 2.75) is 19.4 Å². The fourth-order valence-electron chi connectivity index (χ4n) is 2.55. The molecule has 3 rings (SSSR count). The van der Waals surface area contributed by atoms with Crippen molar-refractivity contribution in [3.63, 3.8) is 0 Å². The number of alkyl halides is 1. The van der Waals surface area contributed by atoms with Crippen LogP contribution in [0.2, 0.25) is 5.02 Å². The average molecular weight is 477 g/mol. The molecule has 0 aliphatic carbocycles. The minimum Gasteiger partial charge on any atom is -0.427 e. The van der Waals surface area contributed by atoms with E-state index < -0.39 is 28.7 Å². The summed E-state index contributed by atoms with van der Waals surface area (Å²) < 4.78 is 32.9. The zero-order valence-corrected chi connectivity index (χ0v) is 17.1. The van der Waals surface area contributed by atoms with Crippen LogP contribution in [0.4, 0.5) is 8.78 Å². The fourth-order valence-corrected chi connectivity index (χ4v) is 3.79. The molecular formula is C17H13BrClF2N3O2S. The maximum absolute atomic E-state index is 14.0. The van der Waals surface area contributed by atoms with E-state index in [2.05, 4.69) is 31.2 Å². The van der Waals surface area contributed by atoms with Crippen molar-refractivity contribution in [1.82, 2.24) is 10.3 Å². The molecule has 0 saturated heterocycles. The number of esters is 1. The van der Waals surface area contributed by atoms with Crippen LogP contribution in [0.15, 0.2) is 40.2 Å². The van der Waals surface area contributed by atoms with E-state index in [1.165, 1.54) is 24.3 Å². The van der Waals surface area contributed by atoms with Gasteiger partial charge in [-0.15, -0.1) is 11.3 Å². The fraction of sp³-hybridized carbons (Fsp3) is 0.235. The summed E-state index contributed by atoms with van der Waals surface area (Å²) >= 11 is 10.8. The van der Waals surface area contributed by atoms with Gasteiger partial charge in [-0.3, -0.25) is 4.79 Å². The molecule has 10 heteroatoms. The molecule has 27 heavy (non-hydrogen) atoms. The van der Waals surface area contributed by atoms with Crippen molar-refractivity contribution in [3.8, 4) is 0 Å². The van der Waals surface area contributed by atoms with Gasteiger partial charge in [0, 0.05) is 35.8 Å². The number of nitrogens with one attached hydrogen (secondary N) is 1. The lowest BCUT2D eigenvalue weighted by Gasteiger charge is -2.27. The predicted molar refractivity (Wildman–Crippen MR) is 103 cm³/mol. The largest absolute Gasteiger partial charge is 0.427 e. The van der Waals surface area contributed by atoms with Gasteiger partial charge in [-0.2, -0.15) is 0 Å². The maximum atomic E-state index is 14.0. The first kappa shape index (κ1) is 19.9. The minimum absolute atomic E-state index is 0.189. The summed E-state index contributed by atoms with van der Waals surface area (Å²) in [5, 5.41) is 5.67. The SMILES string of the molecule is CC(=O)OC1=C(CCBr)NC(c2nccs2)=N[C@@H]1c1ccc(F)c(F)c1Cl. The van der Waals surface area contributed by atoms with Gasteiger partial charge in [0.1, 0.15) is 6.04 Å². The summed E-state index contributed by atoms with van der Waals surface area (Å²) in [5.74, 6) is -2.18. The van der Waals surface area contributed by atoms with E-state index >= 15 is 0 Å². The number of amidine groups is 1. The normalized spacial score (nSPS) is 16.8. The molecule has 142 valence electrons. The van der Waals surface area contributed by atoms with Gasteiger partial charge in [-0.1, -0.05) is 33.6 Å². The van der Waals surface area contributed by atoms with Crippen LogP contribution in [0.1, 0.15) is 30.0 Å².